The Morgan fingerprint density at radius 3 is 2.32 bits per heavy atom. The van der Waals surface area contributed by atoms with E-state index < -0.39 is 0 Å². The van der Waals surface area contributed by atoms with Crippen LogP contribution in [0, 0.1) is 0 Å². The van der Waals surface area contributed by atoms with Crippen molar-refractivity contribution < 1.29 is 10.2 Å². The first-order chi connectivity index (χ1) is 10.8. The van der Waals surface area contributed by atoms with Crippen LogP contribution in [0.3, 0.4) is 0 Å². The summed E-state index contributed by atoms with van der Waals surface area (Å²) in [6.07, 6.45) is 1.33. The van der Waals surface area contributed by atoms with E-state index in [0.29, 0.717) is 13.0 Å². The van der Waals surface area contributed by atoms with Gasteiger partial charge in [0, 0.05) is 19.1 Å². The second-order valence-corrected chi connectivity index (χ2v) is 6.03. The summed E-state index contributed by atoms with van der Waals surface area (Å²) in [4.78, 5) is 2.19. The van der Waals surface area contributed by atoms with Crippen LogP contribution < -0.4 is 0 Å². The minimum atomic E-state index is -0.294. The molecule has 1 aliphatic rings. The van der Waals surface area contributed by atoms with Crippen molar-refractivity contribution in [1.29, 1.82) is 0 Å². The zero-order chi connectivity index (χ0) is 15.4. The van der Waals surface area contributed by atoms with Crippen LogP contribution in [0.5, 0.6) is 0 Å². The zero-order valence-corrected chi connectivity index (χ0v) is 12.7. The van der Waals surface area contributed by atoms with Crippen molar-refractivity contribution in [3.05, 3.63) is 60.2 Å². The minimum absolute atomic E-state index is 0.110. The number of benzene rings is 2. The van der Waals surface area contributed by atoms with Crippen LogP contribution in [0.15, 0.2) is 54.6 Å². The number of likely N-dealkylation sites (tertiary alicyclic amines) is 1. The Kier molecular flexibility index (Phi) is 4.88. The fourth-order valence-corrected chi connectivity index (χ4v) is 3.19. The fourth-order valence-electron chi connectivity index (χ4n) is 3.19. The van der Waals surface area contributed by atoms with E-state index in [1.165, 1.54) is 16.7 Å². The highest BCUT2D eigenvalue weighted by atomic mass is 16.3. The molecule has 0 saturated carbocycles. The molecule has 3 heteroatoms. The highest BCUT2D eigenvalue weighted by molar-refractivity contribution is 5.63. The van der Waals surface area contributed by atoms with Gasteiger partial charge in [0.1, 0.15) is 0 Å². The predicted octanol–water partition coefficient (Wildman–Crippen LogP) is 2.32. The lowest BCUT2D eigenvalue weighted by Gasteiger charge is -2.22. The molecule has 2 aromatic rings. The minimum Gasteiger partial charge on any atom is -0.395 e. The monoisotopic (exact) mass is 297 g/mol. The summed E-state index contributed by atoms with van der Waals surface area (Å²) in [5, 5.41) is 19.1. The van der Waals surface area contributed by atoms with Gasteiger partial charge in [-0.05, 0) is 29.5 Å². The third-order valence-corrected chi connectivity index (χ3v) is 4.47. The van der Waals surface area contributed by atoms with Gasteiger partial charge in [0.2, 0.25) is 0 Å². The van der Waals surface area contributed by atoms with E-state index in [9.17, 15) is 10.2 Å². The van der Waals surface area contributed by atoms with E-state index in [-0.39, 0.29) is 18.8 Å². The van der Waals surface area contributed by atoms with Crippen molar-refractivity contribution in [2.75, 3.05) is 19.7 Å². The molecule has 2 aromatic carbocycles. The van der Waals surface area contributed by atoms with Crippen molar-refractivity contribution in [1.82, 2.24) is 4.90 Å². The van der Waals surface area contributed by atoms with E-state index in [1.807, 2.05) is 6.07 Å². The number of aliphatic hydroxyl groups is 2. The van der Waals surface area contributed by atoms with Crippen LogP contribution in [0.4, 0.5) is 0 Å². The quantitative estimate of drug-likeness (QED) is 0.890. The summed E-state index contributed by atoms with van der Waals surface area (Å²) >= 11 is 0. The molecule has 1 aliphatic heterocycles. The van der Waals surface area contributed by atoms with E-state index in [0.717, 1.165) is 13.0 Å². The SMILES string of the molecule is OCC1CC(O)CN1CCc1ccc(-c2ccccc2)cc1. The molecule has 0 bridgehead atoms. The molecule has 2 atom stereocenters. The smallest absolute Gasteiger partial charge is 0.0683 e. The standard InChI is InChI=1S/C19H23NO2/c21-14-18-12-19(22)13-20(18)11-10-15-6-8-17(9-7-15)16-4-2-1-3-5-16/h1-9,18-19,21-22H,10-14H2. The fraction of sp³-hybridized carbons (Fsp3) is 0.368. The van der Waals surface area contributed by atoms with Gasteiger partial charge in [0.05, 0.1) is 12.7 Å². The molecule has 2 unspecified atom stereocenters. The normalized spacial score (nSPS) is 22.1. The number of rotatable bonds is 5. The Morgan fingerprint density at radius 2 is 1.64 bits per heavy atom. The summed E-state index contributed by atoms with van der Waals surface area (Å²) in [5.41, 5.74) is 3.75. The van der Waals surface area contributed by atoms with Crippen molar-refractivity contribution >= 4 is 0 Å². The number of aliphatic hydroxyl groups excluding tert-OH is 2. The molecule has 0 amide bonds. The van der Waals surface area contributed by atoms with E-state index in [4.69, 9.17) is 0 Å². The molecule has 1 saturated heterocycles. The third-order valence-electron chi connectivity index (χ3n) is 4.47. The number of nitrogens with zero attached hydrogens (tertiary/aromatic N) is 1. The van der Waals surface area contributed by atoms with E-state index in [2.05, 4.69) is 53.4 Å². The largest absolute Gasteiger partial charge is 0.395 e. The molecule has 3 rings (SSSR count). The van der Waals surface area contributed by atoms with Gasteiger partial charge in [-0.25, -0.2) is 0 Å². The highest BCUT2D eigenvalue weighted by Gasteiger charge is 2.29. The lowest BCUT2D eigenvalue weighted by Crippen LogP contribution is -2.34. The maximum atomic E-state index is 9.71. The molecule has 22 heavy (non-hydrogen) atoms. The van der Waals surface area contributed by atoms with Crippen LogP contribution in [0.1, 0.15) is 12.0 Å². The second kappa shape index (κ2) is 7.05. The van der Waals surface area contributed by atoms with Crippen LogP contribution in [-0.4, -0.2) is 47.0 Å². The summed E-state index contributed by atoms with van der Waals surface area (Å²) in [6.45, 7) is 1.68. The van der Waals surface area contributed by atoms with Gasteiger partial charge in [0.25, 0.3) is 0 Å². The Balaban J connectivity index is 1.60. The first kappa shape index (κ1) is 15.2. The molecule has 116 valence electrons. The maximum absolute atomic E-state index is 9.71. The summed E-state index contributed by atoms with van der Waals surface area (Å²) in [6, 6.07) is 19.1. The molecule has 0 radical (unpaired) electrons. The zero-order valence-electron chi connectivity index (χ0n) is 12.7. The van der Waals surface area contributed by atoms with Crippen LogP contribution in [0.2, 0.25) is 0 Å². The number of hydrogen-bond acceptors (Lipinski definition) is 3. The lowest BCUT2D eigenvalue weighted by atomic mass is 10.0. The van der Waals surface area contributed by atoms with Crippen LogP contribution >= 0.6 is 0 Å². The Morgan fingerprint density at radius 1 is 0.955 bits per heavy atom. The van der Waals surface area contributed by atoms with Gasteiger partial charge >= 0.3 is 0 Å². The van der Waals surface area contributed by atoms with E-state index >= 15 is 0 Å². The van der Waals surface area contributed by atoms with Crippen LogP contribution in [0.25, 0.3) is 11.1 Å². The Labute approximate surface area is 131 Å². The number of hydrogen-bond donors (Lipinski definition) is 2. The van der Waals surface area contributed by atoms with Crippen molar-refractivity contribution in [3.63, 3.8) is 0 Å². The molecule has 1 fully saturated rings. The summed E-state index contributed by atoms with van der Waals surface area (Å²) in [7, 11) is 0. The lowest BCUT2D eigenvalue weighted by molar-refractivity contribution is 0.157. The number of β-amino-alcohol motifs (C(OH)–C–C–N with tert-alkyl or cyclic N) is 1. The second-order valence-electron chi connectivity index (χ2n) is 6.03. The van der Waals surface area contributed by atoms with Crippen molar-refractivity contribution in [2.45, 2.75) is 25.0 Å². The van der Waals surface area contributed by atoms with Gasteiger partial charge in [0.15, 0.2) is 0 Å². The summed E-state index contributed by atoms with van der Waals surface area (Å²) in [5.74, 6) is 0. The van der Waals surface area contributed by atoms with E-state index in [1.54, 1.807) is 0 Å². The molecule has 3 nitrogen and oxygen atoms in total. The van der Waals surface area contributed by atoms with Crippen molar-refractivity contribution in [2.24, 2.45) is 0 Å². The first-order valence-corrected chi connectivity index (χ1v) is 7.93. The van der Waals surface area contributed by atoms with Gasteiger partial charge in [-0.2, -0.15) is 0 Å². The average Bonchev–Trinajstić information content (AvgIpc) is 2.94. The molecule has 2 N–H and O–H groups in total. The summed E-state index contributed by atoms with van der Waals surface area (Å²) < 4.78 is 0. The maximum Gasteiger partial charge on any atom is 0.0683 e. The molecule has 1 heterocycles. The van der Waals surface area contributed by atoms with Gasteiger partial charge in [-0.3, -0.25) is 4.90 Å². The molecular formula is C19H23NO2. The predicted molar refractivity (Wildman–Crippen MR) is 88.7 cm³/mol. The van der Waals surface area contributed by atoms with Crippen molar-refractivity contribution in [3.8, 4) is 11.1 Å². The molecule has 0 aromatic heterocycles. The Bertz CT molecular complexity index is 582. The average molecular weight is 297 g/mol. The third kappa shape index (κ3) is 3.55. The van der Waals surface area contributed by atoms with Gasteiger partial charge in [-0.1, -0.05) is 54.6 Å². The van der Waals surface area contributed by atoms with Gasteiger partial charge in [-0.15, -0.1) is 0 Å². The molecule has 0 spiro atoms. The molecular weight excluding hydrogens is 274 g/mol. The highest BCUT2D eigenvalue weighted by Crippen LogP contribution is 2.21. The van der Waals surface area contributed by atoms with Gasteiger partial charge < -0.3 is 10.2 Å². The Hall–Kier alpha value is -1.68. The van der Waals surface area contributed by atoms with Crippen LogP contribution in [-0.2, 0) is 6.42 Å². The molecule has 0 aliphatic carbocycles. The first-order valence-electron chi connectivity index (χ1n) is 7.93. The topological polar surface area (TPSA) is 43.7 Å².